The Balaban J connectivity index is 0.905. The van der Waals surface area contributed by atoms with Crippen LogP contribution in [0.5, 0.6) is 23.0 Å². The molecule has 0 aliphatic carbocycles. The number of fused-ring (bicyclic) bond motifs is 1. The Morgan fingerprint density at radius 2 is 0.855 bits per heavy atom. The third-order valence-electron chi connectivity index (χ3n) is 8.87. The molecule has 2 saturated heterocycles. The minimum atomic E-state index is -0.743. The van der Waals surface area contributed by atoms with Crippen molar-refractivity contribution in [2.24, 2.45) is 0 Å². The maximum Gasteiger partial charge on any atom is 0.338 e. The quantitative estimate of drug-likeness (QED) is 0.0394. The van der Waals surface area contributed by atoms with Crippen molar-refractivity contribution in [2.45, 2.75) is 24.4 Å². The Kier molecular flexibility index (Phi) is 15.1. The van der Waals surface area contributed by atoms with E-state index in [4.69, 9.17) is 47.4 Å². The molecule has 0 saturated carbocycles. The summed E-state index contributed by atoms with van der Waals surface area (Å²) in [6, 6.07) is 25.0. The van der Waals surface area contributed by atoms with Crippen LogP contribution in [0.15, 0.2) is 135 Å². The number of hydrogen-bond acceptors (Lipinski definition) is 16. The highest BCUT2D eigenvalue weighted by molar-refractivity contribution is 5.92. The minimum absolute atomic E-state index is 0.0389. The van der Waals surface area contributed by atoms with Crippen LogP contribution in [0.4, 0.5) is 0 Å². The molecule has 4 aromatic rings. The summed E-state index contributed by atoms with van der Waals surface area (Å²) in [7, 11) is 0. The summed E-state index contributed by atoms with van der Waals surface area (Å²) in [6.45, 7) is 6.08. The normalized spacial score (nSPS) is 17.6. The smallest absolute Gasteiger partial charge is 0.338 e. The standard InChI is InChI=1S/C46H38O16/c1-3-39(47)57-27-55-33-15-19-35(20-16-33)59-41(49)23-9-29-5-11-31(12-6-29)45(51)61-37-25-53-44-38(26-54-43(37)44)62-46(52)32-13-7-30(8-14-32)10-24-42(50)60-36-21-17-34(18-22-36)56-28-58-40(48)4-2/h3-24,37-38,43-44H,1-2,25-28H2/b23-9+,24-10+/t37-,38+,43-,44-/m1/s1. The largest absolute Gasteiger partial charge is 0.457 e. The van der Waals surface area contributed by atoms with Gasteiger partial charge in [0.1, 0.15) is 35.2 Å². The molecule has 0 bridgehead atoms. The summed E-state index contributed by atoms with van der Waals surface area (Å²) < 4.78 is 53.7. The molecule has 0 aromatic heterocycles. The highest BCUT2D eigenvalue weighted by Crippen LogP contribution is 2.32. The van der Waals surface area contributed by atoms with E-state index in [9.17, 15) is 28.8 Å². The molecule has 0 N–H and O–H groups in total. The fourth-order valence-corrected chi connectivity index (χ4v) is 5.77. The summed E-state index contributed by atoms with van der Waals surface area (Å²) >= 11 is 0. The monoisotopic (exact) mass is 846 g/mol. The van der Waals surface area contributed by atoms with E-state index in [1.54, 1.807) is 72.8 Å². The molecule has 2 fully saturated rings. The number of benzene rings is 4. The second-order valence-electron chi connectivity index (χ2n) is 13.0. The molecule has 6 rings (SSSR count). The van der Waals surface area contributed by atoms with Crippen molar-refractivity contribution >= 4 is 48.0 Å². The first-order valence-electron chi connectivity index (χ1n) is 18.8. The van der Waals surface area contributed by atoms with E-state index in [0.717, 1.165) is 12.2 Å². The fourth-order valence-electron chi connectivity index (χ4n) is 5.77. The van der Waals surface area contributed by atoms with Crippen molar-refractivity contribution < 1.29 is 76.1 Å². The summed E-state index contributed by atoms with van der Waals surface area (Å²) in [5.74, 6) is -2.41. The van der Waals surface area contributed by atoms with Crippen LogP contribution in [0.3, 0.4) is 0 Å². The molecular formula is C46H38O16. The number of esters is 6. The number of ether oxygens (including phenoxy) is 10. The summed E-state index contributed by atoms with van der Waals surface area (Å²) in [6.07, 6.45) is 4.76. The average Bonchev–Trinajstić information content (AvgIpc) is 3.88. The lowest BCUT2D eigenvalue weighted by atomic mass is 10.1. The van der Waals surface area contributed by atoms with Crippen molar-refractivity contribution in [3.63, 3.8) is 0 Å². The van der Waals surface area contributed by atoms with Crippen molar-refractivity contribution in [1.29, 1.82) is 0 Å². The Bertz CT molecular complexity index is 2150. The third-order valence-corrected chi connectivity index (χ3v) is 8.87. The van der Waals surface area contributed by atoms with Gasteiger partial charge in [-0.15, -0.1) is 0 Å². The van der Waals surface area contributed by atoms with Crippen LogP contribution >= 0.6 is 0 Å². The van der Waals surface area contributed by atoms with Crippen LogP contribution in [0.25, 0.3) is 12.2 Å². The van der Waals surface area contributed by atoms with Gasteiger partial charge in [0.2, 0.25) is 13.6 Å². The van der Waals surface area contributed by atoms with Gasteiger partial charge >= 0.3 is 35.8 Å². The number of carbonyl (C=O) groups is 6. The summed E-state index contributed by atoms with van der Waals surface area (Å²) in [5.41, 5.74) is 1.76. The van der Waals surface area contributed by atoms with E-state index in [2.05, 4.69) is 13.2 Å². The maximum atomic E-state index is 13.0. The van der Waals surface area contributed by atoms with Crippen LogP contribution in [0, 0.1) is 0 Å². The molecule has 0 amide bonds. The molecule has 0 radical (unpaired) electrons. The second kappa shape index (κ2) is 21.4. The molecule has 62 heavy (non-hydrogen) atoms. The van der Waals surface area contributed by atoms with Gasteiger partial charge in [0.25, 0.3) is 0 Å². The van der Waals surface area contributed by atoms with E-state index in [0.29, 0.717) is 22.6 Å². The van der Waals surface area contributed by atoms with Gasteiger partial charge in [-0.05, 0) is 96.1 Å². The zero-order valence-electron chi connectivity index (χ0n) is 32.8. The topological polar surface area (TPSA) is 195 Å². The van der Waals surface area contributed by atoms with Crippen molar-refractivity contribution in [3.8, 4) is 23.0 Å². The van der Waals surface area contributed by atoms with Gasteiger partial charge in [-0.2, -0.15) is 0 Å². The average molecular weight is 847 g/mol. The minimum Gasteiger partial charge on any atom is -0.457 e. The lowest BCUT2D eigenvalue weighted by Crippen LogP contribution is -2.36. The molecule has 0 spiro atoms. The first-order valence-corrected chi connectivity index (χ1v) is 18.8. The molecule has 0 unspecified atom stereocenters. The molecule has 2 aliphatic rings. The zero-order valence-corrected chi connectivity index (χ0v) is 32.8. The van der Waals surface area contributed by atoms with Gasteiger partial charge in [0.05, 0.1) is 24.3 Å². The van der Waals surface area contributed by atoms with E-state index in [-0.39, 0.29) is 49.4 Å². The van der Waals surface area contributed by atoms with Crippen molar-refractivity contribution in [1.82, 2.24) is 0 Å². The molecule has 16 heteroatoms. The zero-order chi connectivity index (χ0) is 43.8. The molecule has 2 aliphatic heterocycles. The Morgan fingerprint density at radius 3 is 1.21 bits per heavy atom. The predicted octanol–water partition coefficient (Wildman–Crippen LogP) is 5.60. The van der Waals surface area contributed by atoms with Gasteiger partial charge in [-0.25, -0.2) is 28.8 Å². The summed E-state index contributed by atoms with van der Waals surface area (Å²) in [5, 5.41) is 0. The van der Waals surface area contributed by atoms with E-state index in [1.165, 1.54) is 48.6 Å². The van der Waals surface area contributed by atoms with E-state index < -0.39 is 60.2 Å². The second-order valence-corrected chi connectivity index (χ2v) is 13.0. The van der Waals surface area contributed by atoms with Crippen molar-refractivity contribution in [3.05, 3.63) is 157 Å². The van der Waals surface area contributed by atoms with Crippen LogP contribution in [-0.2, 0) is 47.6 Å². The van der Waals surface area contributed by atoms with Gasteiger partial charge in [-0.1, -0.05) is 37.4 Å². The van der Waals surface area contributed by atoms with Crippen LogP contribution in [0.2, 0.25) is 0 Å². The van der Waals surface area contributed by atoms with Crippen LogP contribution in [0.1, 0.15) is 31.8 Å². The Labute approximate surface area is 354 Å². The van der Waals surface area contributed by atoms with Gasteiger partial charge in [0, 0.05) is 24.3 Å². The molecule has 318 valence electrons. The van der Waals surface area contributed by atoms with Crippen LogP contribution in [-0.4, -0.2) is 87.0 Å². The SMILES string of the molecule is C=CC(=O)OCOc1ccc(OC(=O)/C=C/c2ccc(C(=O)O[C@H]3CO[C@H]4[C@@H]3OC[C@H]4OC(=O)c3ccc(/C=C/C(=O)Oc4ccc(OCOC(=O)C=C)cc4)cc3)cc2)cc1. The number of hydrogen-bond donors (Lipinski definition) is 0. The highest BCUT2D eigenvalue weighted by atomic mass is 16.7. The van der Waals surface area contributed by atoms with Crippen LogP contribution < -0.4 is 18.9 Å². The lowest BCUT2D eigenvalue weighted by Gasteiger charge is -2.17. The van der Waals surface area contributed by atoms with E-state index >= 15 is 0 Å². The third kappa shape index (κ3) is 12.6. The fraction of sp³-hybridized carbons (Fsp3) is 0.174. The number of carbonyl (C=O) groups excluding carboxylic acids is 6. The summed E-state index contributed by atoms with van der Waals surface area (Å²) in [4.78, 5) is 72.9. The lowest BCUT2D eigenvalue weighted by molar-refractivity contribution is -0.145. The molecule has 2 heterocycles. The Morgan fingerprint density at radius 1 is 0.500 bits per heavy atom. The first-order chi connectivity index (χ1) is 30.1. The van der Waals surface area contributed by atoms with Gasteiger partial charge in [-0.3, -0.25) is 0 Å². The molecule has 4 atom stereocenters. The predicted molar refractivity (Wildman–Crippen MR) is 217 cm³/mol. The van der Waals surface area contributed by atoms with Gasteiger partial charge in [0.15, 0.2) is 12.2 Å². The highest BCUT2D eigenvalue weighted by Gasteiger charge is 2.51. The van der Waals surface area contributed by atoms with Crippen molar-refractivity contribution in [2.75, 3.05) is 26.8 Å². The van der Waals surface area contributed by atoms with Gasteiger partial charge < -0.3 is 47.4 Å². The number of rotatable bonds is 18. The first kappa shape index (κ1) is 43.8. The Hall–Kier alpha value is -7.82. The molecule has 16 nitrogen and oxygen atoms in total. The molecule has 4 aromatic carbocycles. The maximum absolute atomic E-state index is 13.0. The van der Waals surface area contributed by atoms with E-state index in [1.807, 2.05) is 0 Å². The molecular weight excluding hydrogens is 808 g/mol.